The fourth-order valence-electron chi connectivity index (χ4n) is 3.29. The molecule has 1 fully saturated rings. The first-order valence-electron chi connectivity index (χ1n) is 11.1. The van der Waals surface area contributed by atoms with E-state index < -0.39 is 28.5 Å². The Kier molecular flexibility index (Phi) is 8.38. The molecule has 4 rings (SSSR count). The highest BCUT2D eigenvalue weighted by Crippen LogP contribution is 2.36. The Balaban J connectivity index is 1.47. The molecule has 1 aromatic heterocycles. The third-order valence-electron chi connectivity index (χ3n) is 5.01. The van der Waals surface area contributed by atoms with Gasteiger partial charge in [0.2, 0.25) is 11.8 Å². The number of aromatic nitrogens is 1. The molecule has 2 heterocycles. The van der Waals surface area contributed by atoms with Crippen molar-refractivity contribution in [1.82, 2.24) is 9.88 Å². The largest absolute Gasteiger partial charge is 0.490 e. The number of nitro groups is 1. The van der Waals surface area contributed by atoms with Gasteiger partial charge >= 0.3 is 0 Å². The van der Waals surface area contributed by atoms with Crippen LogP contribution in [0.15, 0.2) is 70.2 Å². The minimum absolute atomic E-state index is 0.131. The van der Waals surface area contributed by atoms with Crippen molar-refractivity contribution in [2.75, 3.05) is 18.5 Å². The summed E-state index contributed by atoms with van der Waals surface area (Å²) in [6.45, 7) is 1.68. The van der Waals surface area contributed by atoms with Crippen LogP contribution in [0.1, 0.15) is 12.5 Å². The van der Waals surface area contributed by atoms with Gasteiger partial charge in [-0.05, 0) is 66.7 Å². The van der Waals surface area contributed by atoms with Crippen molar-refractivity contribution >= 4 is 62.2 Å². The number of halogens is 1. The second-order valence-corrected chi connectivity index (χ2v) is 9.58. The number of benzene rings is 2. The minimum atomic E-state index is -0.584. The van der Waals surface area contributed by atoms with Crippen molar-refractivity contribution < 1.29 is 28.8 Å². The highest BCUT2D eigenvalue weighted by atomic mass is 79.9. The summed E-state index contributed by atoms with van der Waals surface area (Å²) in [4.78, 5) is 52.9. The van der Waals surface area contributed by atoms with Gasteiger partial charge in [0.15, 0.2) is 11.5 Å². The lowest BCUT2D eigenvalue weighted by molar-refractivity contribution is -0.385. The van der Waals surface area contributed by atoms with Crippen LogP contribution in [0.3, 0.4) is 0 Å². The molecule has 38 heavy (non-hydrogen) atoms. The minimum Gasteiger partial charge on any atom is -0.490 e. The number of nitrogens with zero attached hydrogens (tertiary/aromatic N) is 3. The molecule has 3 amide bonds. The molecule has 0 saturated carbocycles. The van der Waals surface area contributed by atoms with Crippen LogP contribution < -0.4 is 14.8 Å². The molecule has 0 radical (unpaired) electrons. The van der Waals surface area contributed by atoms with Gasteiger partial charge in [-0.25, -0.2) is 4.98 Å². The number of pyridine rings is 1. The average Bonchev–Trinajstić information content (AvgIpc) is 3.14. The Hall–Kier alpha value is -4.23. The number of thioether (sulfide) groups is 1. The van der Waals surface area contributed by atoms with Gasteiger partial charge in [-0.15, -0.1) is 0 Å². The van der Waals surface area contributed by atoms with E-state index in [9.17, 15) is 24.5 Å². The van der Waals surface area contributed by atoms with E-state index in [4.69, 9.17) is 9.47 Å². The standard InChI is InChI=1S/C25H19BrN4O7S/c1-2-36-20-11-15(3-9-19(20)37-23-10-8-18(13-27-23)30(34)35)12-21-24(32)29(25(33)38-21)14-22(31)28-17-6-4-16(26)5-7-17/h3-13H,2,14H2,1H3,(H,28,31)/b21-12-. The summed E-state index contributed by atoms with van der Waals surface area (Å²) in [5, 5.41) is 12.9. The first-order chi connectivity index (χ1) is 18.2. The van der Waals surface area contributed by atoms with E-state index in [1.807, 2.05) is 0 Å². The summed E-state index contributed by atoms with van der Waals surface area (Å²) >= 11 is 4.04. The van der Waals surface area contributed by atoms with Gasteiger partial charge in [0, 0.05) is 22.3 Å². The molecule has 1 aliphatic heterocycles. The highest BCUT2D eigenvalue weighted by molar-refractivity contribution is 9.10. The number of anilines is 1. The molecule has 0 bridgehead atoms. The topological polar surface area (TPSA) is 141 Å². The summed E-state index contributed by atoms with van der Waals surface area (Å²) in [5.74, 6) is -0.306. The van der Waals surface area contributed by atoms with E-state index in [-0.39, 0.29) is 16.5 Å². The quantitative estimate of drug-likeness (QED) is 0.189. The van der Waals surface area contributed by atoms with Gasteiger partial charge in [0.25, 0.3) is 16.8 Å². The molecule has 194 valence electrons. The fraction of sp³-hybridized carbons (Fsp3) is 0.120. The zero-order valence-electron chi connectivity index (χ0n) is 19.8. The Morgan fingerprint density at radius 3 is 2.58 bits per heavy atom. The Morgan fingerprint density at radius 1 is 1.16 bits per heavy atom. The SMILES string of the molecule is CCOc1cc(/C=C2\SC(=O)N(CC(=O)Nc3ccc(Br)cc3)C2=O)ccc1Oc1ccc([N+](=O)[O-])cn1. The number of ether oxygens (including phenoxy) is 2. The van der Waals surface area contributed by atoms with Gasteiger partial charge < -0.3 is 14.8 Å². The molecule has 0 aliphatic carbocycles. The van der Waals surface area contributed by atoms with E-state index in [1.54, 1.807) is 49.4 Å². The molecule has 1 aliphatic rings. The zero-order valence-corrected chi connectivity index (χ0v) is 22.2. The maximum absolute atomic E-state index is 12.9. The normalized spacial score (nSPS) is 14.1. The lowest BCUT2D eigenvalue weighted by atomic mass is 10.2. The van der Waals surface area contributed by atoms with Crippen LogP contribution >= 0.6 is 27.7 Å². The number of hydrogen-bond donors (Lipinski definition) is 1. The summed E-state index contributed by atoms with van der Waals surface area (Å²) in [6, 6.07) is 14.4. The van der Waals surface area contributed by atoms with Crippen LogP contribution in [0.4, 0.5) is 16.2 Å². The van der Waals surface area contributed by atoms with Crippen molar-refractivity contribution in [1.29, 1.82) is 0 Å². The Bertz CT molecular complexity index is 1430. The molecule has 3 aromatic rings. The van der Waals surface area contributed by atoms with Crippen LogP contribution in [-0.2, 0) is 9.59 Å². The van der Waals surface area contributed by atoms with Gasteiger partial charge in [-0.2, -0.15) is 0 Å². The summed E-state index contributed by atoms with van der Waals surface area (Å²) in [5.41, 5.74) is 0.926. The number of carbonyl (C=O) groups excluding carboxylic acids is 3. The van der Waals surface area contributed by atoms with Crippen molar-refractivity contribution in [2.45, 2.75) is 6.92 Å². The van der Waals surface area contributed by atoms with E-state index in [1.165, 1.54) is 18.2 Å². The van der Waals surface area contributed by atoms with Crippen LogP contribution in [0.25, 0.3) is 6.08 Å². The molecule has 2 aromatic carbocycles. The molecule has 0 unspecified atom stereocenters. The number of nitrogens with one attached hydrogen (secondary N) is 1. The maximum Gasteiger partial charge on any atom is 0.294 e. The Morgan fingerprint density at radius 2 is 1.92 bits per heavy atom. The second-order valence-electron chi connectivity index (χ2n) is 7.68. The number of hydrogen-bond acceptors (Lipinski definition) is 9. The summed E-state index contributed by atoms with van der Waals surface area (Å²) in [6.07, 6.45) is 2.60. The molecule has 11 nitrogen and oxygen atoms in total. The maximum atomic E-state index is 12.9. The molecule has 1 N–H and O–H groups in total. The lowest BCUT2D eigenvalue weighted by Crippen LogP contribution is -2.36. The van der Waals surface area contributed by atoms with Crippen molar-refractivity contribution in [3.05, 3.63) is 85.8 Å². The van der Waals surface area contributed by atoms with Gasteiger partial charge in [-0.1, -0.05) is 22.0 Å². The lowest BCUT2D eigenvalue weighted by Gasteiger charge is -2.13. The predicted octanol–water partition coefficient (Wildman–Crippen LogP) is 5.62. The van der Waals surface area contributed by atoms with E-state index in [0.717, 1.165) is 27.3 Å². The van der Waals surface area contributed by atoms with Crippen molar-refractivity contribution in [3.63, 3.8) is 0 Å². The molecule has 0 atom stereocenters. The first kappa shape index (κ1) is 26.8. The molecular weight excluding hydrogens is 580 g/mol. The smallest absolute Gasteiger partial charge is 0.294 e. The van der Waals surface area contributed by atoms with Gasteiger partial charge in [-0.3, -0.25) is 29.4 Å². The highest BCUT2D eigenvalue weighted by Gasteiger charge is 2.36. The third-order valence-corrected chi connectivity index (χ3v) is 6.45. The zero-order chi connectivity index (χ0) is 27.2. The fourth-order valence-corrected chi connectivity index (χ4v) is 4.39. The summed E-state index contributed by atoms with van der Waals surface area (Å²) in [7, 11) is 0. The Labute approximate surface area is 229 Å². The molecule has 0 spiro atoms. The molecule has 13 heteroatoms. The molecule has 1 saturated heterocycles. The van der Waals surface area contributed by atoms with Gasteiger partial charge in [0.05, 0.1) is 16.4 Å². The first-order valence-corrected chi connectivity index (χ1v) is 12.7. The van der Waals surface area contributed by atoms with Crippen LogP contribution in [0.2, 0.25) is 0 Å². The van der Waals surface area contributed by atoms with Crippen LogP contribution in [-0.4, -0.2) is 45.0 Å². The van der Waals surface area contributed by atoms with Crippen LogP contribution in [0.5, 0.6) is 17.4 Å². The monoisotopic (exact) mass is 598 g/mol. The average molecular weight is 599 g/mol. The van der Waals surface area contributed by atoms with E-state index in [2.05, 4.69) is 26.2 Å². The number of imide groups is 1. The predicted molar refractivity (Wildman–Crippen MR) is 144 cm³/mol. The van der Waals surface area contributed by atoms with Crippen molar-refractivity contribution in [3.8, 4) is 17.4 Å². The third kappa shape index (κ3) is 6.55. The summed E-state index contributed by atoms with van der Waals surface area (Å²) < 4.78 is 12.2. The number of carbonyl (C=O) groups is 3. The second kappa shape index (κ2) is 11.9. The van der Waals surface area contributed by atoms with Crippen LogP contribution in [0, 0.1) is 10.1 Å². The van der Waals surface area contributed by atoms with Crippen molar-refractivity contribution in [2.24, 2.45) is 0 Å². The van der Waals surface area contributed by atoms with E-state index >= 15 is 0 Å². The number of rotatable bonds is 9. The molecular formula is C25H19BrN4O7S. The van der Waals surface area contributed by atoms with Gasteiger partial charge in [0.1, 0.15) is 12.7 Å². The number of amides is 3. The van der Waals surface area contributed by atoms with E-state index in [0.29, 0.717) is 29.4 Å².